The van der Waals surface area contributed by atoms with Crippen molar-refractivity contribution in [1.82, 2.24) is 24.9 Å². The van der Waals surface area contributed by atoms with E-state index in [4.69, 9.17) is 0 Å². The Morgan fingerprint density at radius 3 is 2.59 bits per heavy atom. The highest BCUT2D eigenvalue weighted by atomic mass is 19.4. The smallest absolute Gasteiger partial charge is 0.354 e. The first-order chi connectivity index (χ1) is 12.5. The van der Waals surface area contributed by atoms with Crippen molar-refractivity contribution in [3.8, 4) is 0 Å². The molecule has 1 unspecified atom stereocenters. The summed E-state index contributed by atoms with van der Waals surface area (Å²) in [7, 11) is 0. The molecule has 0 aliphatic rings. The molecule has 1 N–H and O–H groups in total. The van der Waals surface area contributed by atoms with Crippen LogP contribution in [0.2, 0.25) is 0 Å². The average Bonchev–Trinajstić information content (AvgIpc) is 3.13. The minimum Gasteiger partial charge on any atom is -0.354 e. The summed E-state index contributed by atoms with van der Waals surface area (Å²) in [5.41, 5.74) is -0.492. The highest BCUT2D eigenvalue weighted by Gasteiger charge is 2.34. The van der Waals surface area contributed by atoms with Crippen LogP contribution in [0.4, 0.5) is 18.9 Å². The van der Waals surface area contributed by atoms with Crippen LogP contribution < -0.4 is 5.32 Å². The first kappa shape index (κ1) is 20.4. The quantitative estimate of drug-likeness (QED) is 0.445. The van der Waals surface area contributed by atoms with Crippen molar-refractivity contribution in [2.24, 2.45) is 0 Å². The van der Waals surface area contributed by atoms with Gasteiger partial charge in [0.2, 0.25) is 5.91 Å². The van der Waals surface area contributed by atoms with E-state index in [-0.39, 0.29) is 24.5 Å². The second-order valence-corrected chi connectivity index (χ2v) is 6.03. The van der Waals surface area contributed by atoms with Crippen LogP contribution in [0.3, 0.4) is 0 Å². The first-order valence-corrected chi connectivity index (χ1v) is 8.10. The molecule has 0 aromatic carbocycles. The van der Waals surface area contributed by atoms with Crippen molar-refractivity contribution in [3.05, 3.63) is 39.5 Å². The summed E-state index contributed by atoms with van der Waals surface area (Å²) in [5.74, 6) is -0.399. The maximum absolute atomic E-state index is 12.6. The molecule has 2 aromatic rings. The predicted octanol–water partition coefficient (Wildman–Crippen LogP) is 2.39. The van der Waals surface area contributed by atoms with Crippen molar-refractivity contribution in [2.75, 3.05) is 6.54 Å². The molecule has 1 atom stereocenters. The normalized spacial score (nSPS) is 12.8. The Morgan fingerprint density at radius 1 is 1.41 bits per heavy atom. The fourth-order valence-electron chi connectivity index (χ4n) is 2.56. The number of carbonyl (C=O) groups excluding carboxylic acids is 1. The van der Waals surface area contributed by atoms with E-state index < -0.39 is 28.7 Å². The molecule has 2 aromatic heterocycles. The Hall–Kier alpha value is -2.92. The third-order valence-corrected chi connectivity index (χ3v) is 4.08. The zero-order chi connectivity index (χ0) is 20.4. The van der Waals surface area contributed by atoms with Crippen LogP contribution in [-0.2, 0) is 17.5 Å². The number of carbonyl (C=O) groups is 1. The van der Waals surface area contributed by atoms with Gasteiger partial charge in [0.15, 0.2) is 5.69 Å². The fraction of sp³-hybridized carbons (Fsp3) is 0.533. The van der Waals surface area contributed by atoms with Gasteiger partial charge in [-0.1, -0.05) is 0 Å². The van der Waals surface area contributed by atoms with Crippen molar-refractivity contribution in [1.29, 1.82) is 0 Å². The number of nitrogens with zero attached hydrogens (tertiary/aromatic N) is 5. The van der Waals surface area contributed by atoms with Crippen molar-refractivity contribution in [3.63, 3.8) is 0 Å². The number of hydrogen-bond acceptors (Lipinski definition) is 5. The van der Waals surface area contributed by atoms with Gasteiger partial charge in [-0.05, 0) is 33.3 Å². The summed E-state index contributed by atoms with van der Waals surface area (Å²) in [5, 5.41) is 20.9. The number of nitro groups is 1. The van der Waals surface area contributed by atoms with Gasteiger partial charge in [0, 0.05) is 18.8 Å². The minimum absolute atomic E-state index is 0.177. The molecule has 9 nitrogen and oxygen atoms in total. The Labute approximate surface area is 152 Å². The lowest BCUT2D eigenvalue weighted by Gasteiger charge is -2.14. The van der Waals surface area contributed by atoms with Crippen molar-refractivity contribution in [2.45, 2.75) is 46.0 Å². The van der Waals surface area contributed by atoms with E-state index >= 15 is 0 Å². The van der Waals surface area contributed by atoms with Crippen LogP contribution in [0, 0.1) is 24.0 Å². The summed E-state index contributed by atoms with van der Waals surface area (Å²) >= 11 is 0. The molecule has 2 heterocycles. The van der Waals surface area contributed by atoms with Gasteiger partial charge in [-0.3, -0.25) is 24.3 Å². The van der Waals surface area contributed by atoms with E-state index in [1.54, 1.807) is 6.92 Å². The van der Waals surface area contributed by atoms with Crippen LogP contribution in [-0.4, -0.2) is 36.9 Å². The number of aryl methyl sites for hydroxylation is 2. The lowest BCUT2D eigenvalue weighted by atomic mass is 10.3. The summed E-state index contributed by atoms with van der Waals surface area (Å²) in [6, 6.07) is 0.204. The molecule has 1 amide bonds. The molecule has 0 aliphatic heterocycles. The second kappa shape index (κ2) is 7.76. The van der Waals surface area contributed by atoms with Gasteiger partial charge in [0.25, 0.3) is 0 Å². The number of alkyl halides is 3. The number of nitrogens with one attached hydrogen (secondary N) is 1. The Morgan fingerprint density at radius 2 is 2.07 bits per heavy atom. The average molecular weight is 388 g/mol. The minimum atomic E-state index is -4.50. The van der Waals surface area contributed by atoms with E-state index in [0.717, 1.165) is 12.3 Å². The number of hydrogen-bond donors (Lipinski definition) is 1. The first-order valence-electron chi connectivity index (χ1n) is 8.10. The van der Waals surface area contributed by atoms with E-state index in [0.29, 0.717) is 12.1 Å². The van der Waals surface area contributed by atoms with Gasteiger partial charge < -0.3 is 5.32 Å². The molecule has 0 saturated carbocycles. The van der Waals surface area contributed by atoms with Gasteiger partial charge in [0.05, 0.1) is 4.92 Å². The number of aromatic nitrogens is 4. The zero-order valence-electron chi connectivity index (χ0n) is 14.9. The molecule has 12 heteroatoms. The van der Waals surface area contributed by atoms with E-state index in [2.05, 4.69) is 15.5 Å². The standard InChI is InChI=1S/C15H19F3N6O3/c1-9-7-13(15(16,17)18)21-22(9)6-4-5-19-14(25)11(3)23-10(2)12(8-20-23)24(26)27/h7-8,11H,4-6H2,1-3H3,(H,19,25). The van der Waals surface area contributed by atoms with Gasteiger partial charge in [-0.15, -0.1) is 0 Å². The molecule has 0 fully saturated rings. The van der Waals surface area contributed by atoms with E-state index in [9.17, 15) is 28.1 Å². The summed E-state index contributed by atoms with van der Waals surface area (Å²) in [6.45, 7) is 4.99. The molecule has 2 rings (SSSR count). The lowest BCUT2D eigenvalue weighted by molar-refractivity contribution is -0.385. The Balaban J connectivity index is 1.88. The maximum atomic E-state index is 12.6. The number of amides is 1. The monoisotopic (exact) mass is 388 g/mol. The Kier molecular flexibility index (Phi) is 5.86. The Bertz CT molecular complexity index is 842. The highest BCUT2D eigenvalue weighted by molar-refractivity contribution is 5.79. The van der Waals surface area contributed by atoms with Crippen LogP contribution in [0.25, 0.3) is 0 Å². The topological polar surface area (TPSA) is 108 Å². The fourth-order valence-corrected chi connectivity index (χ4v) is 2.56. The van der Waals surface area contributed by atoms with Crippen molar-refractivity contribution < 1.29 is 22.9 Å². The molecule has 0 spiro atoms. The zero-order valence-corrected chi connectivity index (χ0v) is 14.9. The highest BCUT2D eigenvalue weighted by Crippen LogP contribution is 2.28. The van der Waals surface area contributed by atoms with E-state index in [1.807, 2.05) is 0 Å². The third kappa shape index (κ3) is 4.63. The van der Waals surface area contributed by atoms with Gasteiger partial charge in [-0.2, -0.15) is 23.4 Å². The SMILES string of the molecule is Cc1cc(C(F)(F)F)nn1CCCNC(=O)C(C)n1ncc([N+](=O)[O-])c1C. The lowest BCUT2D eigenvalue weighted by Crippen LogP contribution is -2.33. The van der Waals surface area contributed by atoms with Crippen LogP contribution in [0.1, 0.15) is 36.5 Å². The maximum Gasteiger partial charge on any atom is 0.435 e. The molecule has 0 aliphatic carbocycles. The number of rotatable bonds is 7. The van der Waals surface area contributed by atoms with Gasteiger partial charge in [0.1, 0.15) is 17.9 Å². The summed E-state index contributed by atoms with van der Waals surface area (Å²) < 4.78 is 40.4. The van der Waals surface area contributed by atoms with Crippen molar-refractivity contribution >= 4 is 11.6 Å². The van der Waals surface area contributed by atoms with Crippen LogP contribution >= 0.6 is 0 Å². The molecule has 0 bridgehead atoms. The molecular weight excluding hydrogens is 369 g/mol. The molecule has 148 valence electrons. The largest absolute Gasteiger partial charge is 0.435 e. The molecular formula is C15H19F3N6O3. The molecule has 0 radical (unpaired) electrons. The number of halogens is 3. The molecule has 0 saturated heterocycles. The predicted molar refractivity (Wildman–Crippen MR) is 87.9 cm³/mol. The van der Waals surface area contributed by atoms with Crippen LogP contribution in [0.15, 0.2) is 12.3 Å². The van der Waals surface area contributed by atoms with E-state index in [1.165, 1.54) is 23.2 Å². The van der Waals surface area contributed by atoms with Crippen LogP contribution in [0.5, 0.6) is 0 Å². The summed E-state index contributed by atoms with van der Waals surface area (Å²) in [4.78, 5) is 22.4. The van der Waals surface area contributed by atoms with Gasteiger partial charge in [-0.25, -0.2) is 0 Å². The van der Waals surface area contributed by atoms with Gasteiger partial charge >= 0.3 is 11.9 Å². The summed E-state index contributed by atoms with van der Waals surface area (Å²) in [6.07, 6.45) is -3.04. The second-order valence-electron chi connectivity index (χ2n) is 6.03. The molecule has 27 heavy (non-hydrogen) atoms. The third-order valence-electron chi connectivity index (χ3n) is 4.08.